The molecule has 3 N–H and O–H groups in total. The molecule has 53 heavy (non-hydrogen) atoms. The number of fused-ring (bicyclic) bond motifs is 3. The van der Waals surface area contributed by atoms with Crippen LogP contribution in [-0.2, 0) is 35.5 Å². The summed E-state index contributed by atoms with van der Waals surface area (Å²) in [4.78, 5) is 63.8. The van der Waals surface area contributed by atoms with Crippen molar-refractivity contribution in [3.63, 3.8) is 0 Å². The second-order valence-corrected chi connectivity index (χ2v) is 16.5. The molecule has 1 aromatic carbocycles. The molecule has 0 bridgehead atoms. The van der Waals surface area contributed by atoms with E-state index in [-0.39, 0.29) is 30.3 Å². The number of ether oxygens (including phenoxy) is 2. The number of hydrogen-bond donors (Lipinski definition) is 3. The van der Waals surface area contributed by atoms with Crippen LogP contribution in [0.3, 0.4) is 0 Å². The molecule has 1 saturated heterocycles. The Kier molecular flexibility index (Phi) is 11.3. The average molecular weight is 768 g/mol. The van der Waals surface area contributed by atoms with Crippen molar-refractivity contribution >= 4 is 45.1 Å². The first kappa shape index (κ1) is 39.7. The van der Waals surface area contributed by atoms with Gasteiger partial charge in [0.1, 0.15) is 29.3 Å². The number of alkyl halides is 3. The molecule has 15 nitrogen and oxygen atoms in total. The van der Waals surface area contributed by atoms with Gasteiger partial charge in [0.15, 0.2) is 0 Å². The van der Waals surface area contributed by atoms with E-state index in [1.165, 1.54) is 32.3 Å². The molecule has 3 aliphatic rings. The third kappa shape index (κ3) is 9.35. The molecule has 1 aliphatic carbocycles. The fourth-order valence-electron chi connectivity index (χ4n) is 6.32. The minimum absolute atomic E-state index is 0.0234. The molecule has 3 heterocycles. The third-order valence-corrected chi connectivity index (χ3v) is 10.5. The van der Waals surface area contributed by atoms with Gasteiger partial charge in [-0.1, -0.05) is 37.1 Å². The number of aromatic nitrogens is 2. The van der Waals surface area contributed by atoms with Crippen LogP contribution >= 0.6 is 0 Å². The van der Waals surface area contributed by atoms with E-state index in [0.717, 1.165) is 9.21 Å². The number of nitrogens with zero attached hydrogens (tertiary/aromatic N) is 4. The summed E-state index contributed by atoms with van der Waals surface area (Å²) in [5.74, 6) is -4.03. The molecule has 1 aromatic heterocycles. The van der Waals surface area contributed by atoms with Crippen molar-refractivity contribution in [3.8, 4) is 5.88 Å². The van der Waals surface area contributed by atoms with E-state index in [2.05, 4.69) is 20.6 Å². The Morgan fingerprint density at radius 3 is 2.38 bits per heavy atom. The van der Waals surface area contributed by atoms with Crippen LogP contribution in [0, 0.1) is 5.92 Å². The number of nitrogens with one attached hydrogen (secondary N) is 3. The lowest BCUT2D eigenvalue weighted by Crippen LogP contribution is -2.58. The Labute approximate surface area is 305 Å². The second kappa shape index (κ2) is 15.1. The summed E-state index contributed by atoms with van der Waals surface area (Å²) in [5, 5.41) is 5.26. The zero-order chi connectivity index (χ0) is 38.9. The average Bonchev–Trinajstić information content (AvgIpc) is 3.58. The van der Waals surface area contributed by atoms with Gasteiger partial charge in [-0.2, -0.15) is 25.9 Å². The summed E-state index contributed by atoms with van der Waals surface area (Å²) in [7, 11) is -1.81. The van der Waals surface area contributed by atoms with E-state index >= 15 is 0 Å². The summed E-state index contributed by atoms with van der Waals surface area (Å²) < 4.78 is 81.8. The van der Waals surface area contributed by atoms with Gasteiger partial charge in [0.2, 0.25) is 23.4 Å². The number of carbonyl (C=O) groups excluding carboxylic acids is 4. The molecule has 0 radical (unpaired) electrons. The highest BCUT2D eigenvalue weighted by Gasteiger charge is 2.62. The molecular formula is C34H44F3N7O8S. The fraction of sp³-hybridized carbons (Fsp3) is 0.588. The van der Waals surface area contributed by atoms with Gasteiger partial charge < -0.3 is 25.0 Å². The Hall–Kier alpha value is -4.52. The summed E-state index contributed by atoms with van der Waals surface area (Å²) in [5.41, 5.74) is -3.91. The van der Waals surface area contributed by atoms with Gasteiger partial charge in [0.25, 0.3) is 5.91 Å². The number of amides is 4. The molecule has 290 valence electrons. The van der Waals surface area contributed by atoms with Gasteiger partial charge in [-0.05, 0) is 58.6 Å². The molecule has 4 amide bonds. The lowest BCUT2D eigenvalue weighted by atomic mass is 10.0. The maximum Gasteiger partial charge on any atom is 0.438 e. The van der Waals surface area contributed by atoms with Crippen LogP contribution in [0.1, 0.15) is 71.4 Å². The predicted octanol–water partition coefficient (Wildman–Crippen LogP) is 3.21. The van der Waals surface area contributed by atoms with Gasteiger partial charge in [-0.25, -0.2) is 19.5 Å². The standard InChI is InChI=1S/C34H44F3N7O8S/c1-32(2,3)52-31(48)40-24-16-10-8-6-7-9-13-20-18-33(20,30(47)42-53(49,50)43(4)5)41-27(45)25-17-21(19-44(25)29(24)46)51-28-26(34(35,36)37)38-22-14-11-12-15-23(22)39-28/h9,11-15,20-21,24-25H,6-8,10,16-19H2,1-5H3,(H,40,48)(H,41,45)(H,42,47)/b13-9-/t20-,21-,24+,25+,33-/m1/s1. The normalized spacial score (nSPS) is 26.4. The minimum atomic E-state index is -4.97. The smallest absolute Gasteiger partial charge is 0.438 e. The van der Waals surface area contributed by atoms with Crippen molar-refractivity contribution in [2.24, 2.45) is 5.92 Å². The Bertz CT molecular complexity index is 1890. The molecule has 1 saturated carbocycles. The first-order valence-corrected chi connectivity index (χ1v) is 18.7. The van der Waals surface area contributed by atoms with E-state index in [9.17, 15) is 40.8 Å². The highest BCUT2D eigenvalue weighted by atomic mass is 32.2. The van der Waals surface area contributed by atoms with Crippen LogP contribution < -0.4 is 20.1 Å². The van der Waals surface area contributed by atoms with Crippen molar-refractivity contribution in [1.29, 1.82) is 0 Å². The minimum Gasteiger partial charge on any atom is -0.471 e. The number of rotatable bonds is 6. The molecule has 0 unspecified atom stereocenters. The number of para-hydroxylation sites is 2. The van der Waals surface area contributed by atoms with Gasteiger partial charge in [0, 0.05) is 26.4 Å². The topological polar surface area (TPSA) is 189 Å². The first-order chi connectivity index (χ1) is 24.7. The molecule has 0 spiro atoms. The Morgan fingerprint density at radius 1 is 1.06 bits per heavy atom. The van der Waals surface area contributed by atoms with E-state index in [1.54, 1.807) is 32.9 Å². The van der Waals surface area contributed by atoms with Gasteiger partial charge in [-0.15, -0.1) is 0 Å². The molecule has 19 heteroatoms. The fourth-order valence-corrected chi connectivity index (χ4v) is 6.92. The maximum atomic E-state index is 14.3. The lowest BCUT2D eigenvalue weighted by molar-refractivity contribution is -0.143. The summed E-state index contributed by atoms with van der Waals surface area (Å²) >= 11 is 0. The number of carbonyl (C=O) groups is 4. The lowest BCUT2D eigenvalue weighted by Gasteiger charge is -2.30. The zero-order valence-corrected chi connectivity index (χ0v) is 30.8. The molecular weight excluding hydrogens is 723 g/mol. The van der Waals surface area contributed by atoms with Crippen LogP contribution in [0.15, 0.2) is 36.4 Å². The summed E-state index contributed by atoms with van der Waals surface area (Å²) in [6.07, 6.45) is -1.21. The predicted molar refractivity (Wildman–Crippen MR) is 184 cm³/mol. The molecule has 2 aromatic rings. The van der Waals surface area contributed by atoms with Crippen molar-refractivity contribution in [2.75, 3.05) is 20.6 Å². The van der Waals surface area contributed by atoms with Crippen LogP contribution in [-0.4, -0.2) is 101 Å². The van der Waals surface area contributed by atoms with Crippen LogP contribution in [0.5, 0.6) is 5.88 Å². The highest BCUT2D eigenvalue weighted by Crippen LogP contribution is 2.46. The number of benzene rings is 1. The molecule has 2 aliphatic heterocycles. The van der Waals surface area contributed by atoms with Crippen LogP contribution in [0.25, 0.3) is 11.0 Å². The summed E-state index contributed by atoms with van der Waals surface area (Å²) in [6.45, 7) is 4.54. The van der Waals surface area contributed by atoms with Crippen molar-refractivity contribution in [3.05, 3.63) is 42.1 Å². The molecule has 5 rings (SSSR count). The van der Waals surface area contributed by atoms with E-state index in [4.69, 9.17) is 9.47 Å². The second-order valence-electron chi connectivity index (χ2n) is 14.6. The number of alkyl carbamates (subject to hydrolysis) is 1. The molecule has 2 fully saturated rings. The quantitative estimate of drug-likeness (QED) is 0.369. The number of allylic oxidation sites excluding steroid dienone is 1. The summed E-state index contributed by atoms with van der Waals surface area (Å²) in [6, 6.07) is 3.29. The van der Waals surface area contributed by atoms with Crippen LogP contribution in [0.2, 0.25) is 0 Å². The zero-order valence-electron chi connectivity index (χ0n) is 30.0. The highest BCUT2D eigenvalue weighted by molar-refractivity contribution is 7.87. The van der Waals surface area contributed by atoms with Gasteiger partial charge in [0.05, 0.1) is 17.6 Å². The SMILES string of the molecule is CN(C)S(=O)(=O)NC(=O)[C@@]12C[C@H]1/C=C\CCCCC[C@H](NC(=O)OC(C)(C)C)C(=O)N1C[C@H](Oc3nc4ccccc4nc3C(F)(F)F)C[C@H]1C(=O)N2. The van der Waals surface area contributed by atoms with Crippen molar-refractivity contribution in [2.45, 2.75) is 101 Å². The maximum absolute atomic E-state index is 14.3. The third-order valence-electron chi connectivity index (χ3n) is 9.12. The number of halogens is 3. The largest absolute Gasteiger partial charge is 0.471 e. The number of hydrogen-bond acceptors (Lipinski definition) is 10. The van der Waals surface area contributed by atoms with E-state index in [1.807, 2.05) is 10.8 Å². The van der Waals surface area contributed by atoms with Crippen LogP contribution in [0.4, 0.5) is 18.0 Å². The Morgan fingerprint density at radius 2 is 1.74 bits per heavy atom. The van der Waals surface area contributed by atoms with E-state index in [0.29, 0.717) is 25.7 Å². The van der Waals surface area contributed by atoms with E-state index < -0.39 is 93.6 Å². The monoisotopic (exact) mass is 767 g/mol. The Balaban J connectivity index is 1.51. The van der Waals surface area contributed by atoms with Gasteiger partial charge in [-0.3, -0.25) is 14.4 Å². The van der Waals surface area contributed by atoms with Crippen molar-refractivity contribution < 1.29 is 50.2 Å². The molecule has 5 atom stereocenters. The first-order valence-electron chi connectivity index (χ1n) is 17.2. The van der Waals surface area contributed by atoms with Crippen molar-refractivity contribution in [1.82, 2.24) is 34.5 Å². The van der Waals surface area contributed by atoms with Gasteiger partial charge >= 0.3 is 22.5 Å².